The van der Waals surface area contributed by atoms with Crippen molar-refractivity contribution >= 4 is 22.6 Å². The Bertz CT molecular complexity index is 986. The molecule has 0 aromatic heterocycles. The number of esters is 1. The van der Waals surface area contributed by atoms with Crippen LogP contribution in [0.15, 0.2) is 36.4 Å². The Morgan fingerprint density at radius 3 is 2.22 bits per heavy atom. The molecule has 1 aromatic carbocycles. The van der Waals surface area contributed by atoms with Crippen LogP contribution in [0, 0.1) is 18.8 Å². The minimum atomic E-state index is -2.03. The molecule has 1 aliphatic carbocycles. The zero-order valence-corrected chi connectivity index (χ0v) is 27.5. The van der Waals surface area contributed by atoms with Gasteiger partial charge in [-0.3, -0.25) is 4.79 Å². The molecule has 1 aromatic rings. The number of ether oxygens (including phenoxy) is 1. The van der Waals surface area contributed by atoms with E-state index in [1.54, 1.807) is 0 Å². The maximum absolute atomic E-state index is 12.2. The summed E-state index contributed by atoms with van der Waals surface area (Å²) in [5.74, 6) is 0.479. The third-order valence-corrected chi connectivity index (χ3v) is 18.6. The number of benzene rings is 1. The monoisotopic (exact) mass is 544 g/mol. The van der Waals surface area contributed by atoms with E-state index in [1.807, 2.05) is 0 Å². The van der Waals surface area contributed by atoms with Crippen LogP contribution in [-0.2, 0) is 18.4 Å². The van der Waals surface area contributed by atoms with E-state index in [9.17, 15) is 4.79 Å². The summed E-state index contributed by atoms with van der Waals surface area (Å²) in [6, 6.07) is 8.78. The summed E-state index contributed by atoms with van der Waals surface area (Å²) in [6.45, 7) is 27.5. The van der Waals surface area contributed by atoms with Crippen LogP contribution in [0.2, 0.25) is 36.3 Å². The number of rotatable bonds is 8. The topological polar surface area (TPSA) is 44.8 Å². The molecule has 1 saturated heterocycles. The molecule has 6 heteroatoms. The Morgan fingerprint density at radius 1 is 1.03 bits per heavy atom. The second-order valence-electron chi connectivity index (χ2n) is 14.6. The molecule has 37 heavy (non-hydrogen) atoms. The fraction of sp³-hybridized carbons (Fsp3) is 0.710. The molecule has 6 atom stereocenters. The van der Waals surface area contributed by atoms with Gasteiger partial charge in [0.15, 0.2) is 16.6 Å². The first-order valence-corrected chi connectivity index (χ1v) is 19.9. The molecule has 1 heterocycles. The summed E-state index contributed by atoms with van der Waals surface area (Å²) in [5.41, 5.74) is 2.56. The molecule has 0 N–H and O–H groups in total. The maximum atomic E-state index is 12.2. The molecule has 1 unspecified atom stereocenters. The van der Waals surface area contributed by atoms with Crippen LogP contribution in [0.5, 0.6) is 0 Å². The normalized spacial score (nSPS) is 26.9. The number of carbonyl (C=O) groups is 1. The molecular formula is C31H52O4Si2. The van der Waals surface area contributed by atoms with Crippen molar-refractivity contribution in [1.29, 1.82) is 0 Å². The van der Waals surface area contributed by atoms with E-state index in [-0.39, 0.29) is 52.1 Å². The first-order chi connectivity index (χ1) is 16.8. The largest absolute Gasteiger partial charge is 0.462 e. The molecule has 0 radical (unpaired) electrons. The van der Waals surface area contributed by atoms with Crippen LogP contribution in [0.4, 0.5) is 0 Å². The first kappa shape index (κ1) is 30.3. The summed E-state index contributed by atoms with van der Waals surface area (Å²) in [7, 11) is -4.00. The van der Waals surface area contributed by atoms with Crippen molar-refractivity contribution in [3.05, 3.63) is 47.5 Å². The molecular weight excluding hydrogens is 493 g/mol. The lowest BCUT2D eigenvalue weighted by molar-refractivity contribution is -0.141. The predicted molar refractivity (Wildman–Crippen MR) is 159 cm³/mol. The molecule has 3 rings (SSSR count). The zero-order valence-electron chi connectivity index (χ0n) is 25.5. The Balaban J connectivity index is 1.95. The average molecular weight is 545 g/mol. The standard InChI is InChI=1S/C31H52O4Si2/c1-21-14-13-15-23(18-21)22(2)26(34-36(9,10)30(3,4)5)17-16-24-25-19-29(32)33-27(25)20-28(24)35-37(11,12)31(6,7)8/h13-18,22,24-28H,19-20H2,1-12H3/b17-16+/t22-,24-,25?,26-,27+,28-/m1/s1. The number of hydrogen-bond donors (Lipinski definition) is 0. The minimum Gasteiger partial charge on any atom is -0.462 e. The first-order valence-electron chi connectivity index (χ1n) is 14.1. The van der Waals surface area contributed by atoms with Crippen LogP contribution in [0.3, 0.4) is 0 Å². The summed E-state index contributed by atoms with van der Waals surface area (Å²) in [5, 5.41) is 0.243. The van der Waals surface area contributed by atoms with E-state index >= 15 is 0 Å². The van der Waals surface area contributed by atoms with E-state index in [0.717, 1.165) is 6.42 Å². The number of hydrogen-bond acceptors (Lipinski definition) is 4. The molecule has 208 valence electrons. The second kappa shape index (κ2) is 10.7. The van der Waals surface area contributed by atoms with Gasteiger partial charge in [-0.15, -0.1) is 0 Å². The van der Waals surface area contributed by atoms with Crippen molar-refractivity contribution in [2.75, 3.05) is 0 Å². The van der Waals surface area contributed by atoms with Gasteiger partial charge in [-0.25, -0.2) is 0 Å². The van der Waals surface area contributed by atoms with Gasteiger partial charge >= 0.3 is 5.97 Å². The molecule has 2 aliphatic rings. The van der Waals surface area contributed by atoms with E-state index < -0.39 is 16.6 Å². The molecule has 2 fully saturated rings. The third kappa shape index (κ3) is 6.87. The minimum absolute atomic E-state index is 0.0362. The van der Waals surface area contributed by atoms with Gasteiger partial charge in [-0.05, 0) is 48.8 Å². The number of aryl methyl sites for hydroxylation is 1. The summed E-state index contributed by atoms with van der Waals surface area (Å²) >= 11 is 0. The smallest absolute Gasteiger partial charge is 0.306 e. The highest BCUT2D eigenvalue weighted by Gasteiger charge is 2.52. The molecule has 1 aliphatic heterocycles. The Labute approximate surface area is 228 Å². The van der Waals surface area contributed by atoms with Gasteiger partial charge in [0.05, 0.1) is 18.6 Å². The molecule has 0 amide bonds. The van der Waals surface area contributed by atoms with E-state index in [2.05, 4.69) is 118 Å². The third-order valence-electron chi connectivity index (χ3n) is 9.62. The highest BCUT2D eigenvalue weighted by Crippen LogP contribution is 2.47. The fourth-order valence-corrected chi connectivity index (χ4v) is 7.73. The van der Waals surface area contributed by atoms with Crippen molar-refractivity contribution in [2.24, 2.45) is 11.8 Å². The van der Waals surface area contributed by atoms with Crippen molar-refractivity contribution in [1.82, 2.24) is 0 Å². The molecule has 0 bridgehead atoms. The highest BCUT2D eigenvalue weighted by atomic mass is 28.4. The second-order valence-corrected chi connectivity index (χ2v) is 24.1. The van der Waals surface area contributed by atoms with E-state index in [4.69, 9.17) is 13.6 Å². The summed E-state index contributed by atoms with van der Waals surface area (Å²) in [4.78, 5) is 12.2. The Hall–Kier alpha value is -1.22. The molecule has 1 saturated carbocycles. The lowest BCUT2D eigenvalue weighted by Gasteiger charge is -2.41. The molecule has 4 nitrogen and oxygen atoms in total. The summed E-state index contributed by atoms with van der Waals surface area (Å²) in [6.07, 6.45) is 5.89. The van der Waals surface area contributed by atoms with Crippen LogP contribution in [-0.4, -0.2) is 40.9 Å². The van der Waals surface area contributed by atoms with Crippen molar-refractivity contribution in [2.45, 2.75) is 129 Å². The molecule has 0 spiro atoms. The summed E-state index contributed by atoms with van der Waals surface area (Å²) < 4.78 is 19.8. The van der Waals surface area contributed by atoms with Crippen LogP contribution >= 0.6 is 0 Å². The Kier molecular flexibility index (Phi) is 8.81. The Morgan fingerprint density at radius 2 is 1.65 bits per heavy atom. The van der Waals surface area contributed by atoms with Gasteiger partial charge in [-0.1, -0.05) is 90.4 Å². The quantitative estimate of drug-likeness (QED) is 0.187. The lowest BCUT2D eigenvalue weighted by Crippen LogP contribution is -2.45. The average Bonchev–Trinajstić information content (AvgIpc) is 3.24. The van der Waals surface area contributed by atoms with Gasteiger partial charge in [-0.2, -0.15) is 0 Å². The van der Waals surface area contributed by atoms with Gasteiger partial charge < -0.3 is 13.6 Å². The van der Waals surface area contributed by atoms with Crippen molar-refractivity contribution in [3.63, 3.8) is 0 Å². The predicted octanol–water partition coefficient (Wildman–Crippen LogP) is 8.39. The van der Waals surface area contributed by atoms with E-state index in [1.165, 1.54) is 11.1 Å². The van der Waals surface area contributed by atoms with Gasteiger partial charge in [0.2, 0.25) is 0 Å². The van der Waals surface area contributed by atoms with Crippen LogP contribution in [0.25, 0.3) is 0 Å². The van der Waals surface area contributed by atoms with Crippen molar-refractivity contribution in [3.8, 4) is 0 Å². The van der Waals surface area contributed by atoms with Crippen LogP contribution in [0.1, 0.15) is 78.4 Å². The lowest BCUT2D eigenvalue weighted by atomic mass is 9.89. The zero-order chi connectivity index (χ0) is 28.0. The highest BCUT2D eigenvalue weighted by molar-refractivity contribution is 6.74. The fourth-order valence-electron chi connectivity index (χ4n) is 5.05. The van der Waals surface area contributed by atoms with E-state index in [0.29, 0.717) is 6.42 Å². The maximum Gasteiger partial charge on any atom is 0.306 e. The number of fused-ring (bicyclic) bond motifs is 1. The SMILES string of the molecule is Cc1cccc([C@@H](C)[C@@H](/C=C/[C@@H]2C3CC(=O)O[C@H]3C[C@H]2O[Si](C)(C)C(C)(C)C)O[Si](C)(C)C(C)(C)C)c1. The van der Waals surface area contributed by atoms with Gasteiger partial charge in [0, 0.05) is 24.2 Å². The van der Waals surface area contributed by atoms with Gasteiger partial charge in [0.1, 0.15) is 6.10 Å². The van der Waals surface area contributed by atoms with Crippen LogP contribution < -0.4 is 0 Å². The number of carbonyl (C=O) groups excluding carboxylic acids is 1. The van der Waals surface area contributed by atoms with Gasteiger partial charge in [0.25, 0.3) is 0 Å². The van der Waals surface area contributed by atoms with Crippen molar-refractivity contribution < 1.29 is 18.4 Å².